The second-order valence-electron chi connectivity index (χ2n) is 6.55. The number of rotatable bonds is 6. The standard InChI is InChI=1S/C18H22F2N2O4/c1-10(23)21-15(17-13(19)3-2-4-14(17)20)9-16(24)22-12-7-5-11(6-8-12)18(25)26/h2-4,11-12,15H,5-9H2,1H3,(H,21,23)(H,22,24)(H,25,26)/t11?,12?,15-/m0/s1. The van der Waals surface area contributed by atoms with E-state index >= 15 is 0 Å². The lowest BCUT2D eigenvalue weighted by Crippen LogP contribution is -2.41. The SMILES string of the molecule is CC(=O)N[C@@H](CC(=O)NC1CCC(C(=O)O)CC1)c1c(F)cccc1F. The van der Waals surface area contributed by atoms with Crippen LogP contribution in [0.2, 0.25) is 0 Å². The van der Waals surface area contributed by atoms with Crippen LogP contribution in [0.25, 0.3) is 0 Å². The molecule has 142 valence electrons. The number of halogens is 2. The van der Waals surface area contributed by atoms with Crippen LogP contribution in [-0.2, 0) is 14.4 Å². The van der Waals surface area contributed by atoms with Crippen molar-refractivity contribution in [1.29, 1.82) is 0 Å². The molecule has 0 unspecified atom stereocenters. The summed E-state index contributed by atoms with van der Waals surface area (Å²) in [4.78, 5) is 34.6. The molecular formula is C18H22F2N2O4. The van der Waals surface area contributed by atoms with Gasteiger partial charge in [0.2, 0.25) is 11.8 Å². The highest BCUT2D eigenvalue weighted by atomic mass is 19.1. The van der Waals surface area contributed by atoms with Crippen molar-refractivity contribution in [3.05, 3.63) is 35.4 Å². The summed E-state index contributed by atoms with van der Waals surface area (Å²) in [6, 6.07) is 2.04. The summed E-state index contributed by atoms with van der Waals surface area (Å²) in [5, 5.41) is 14.2. The summed E-state index contributed by atoms with van der Waals surface area (Å²) in [6.07, 6.45) is 1.69. The fourth-order valence-electron chi connectivity index (χ4n) is 3.27. The van der Waals surface area contributed by atoms with Crippen LogP contribution >= 0.6 is 0 Å². The van der Waals surface area contributed by atoms with Crippen LogP contribution in [0.1, 0.15) is 50.6 Å². The summed E-state index contributed by atoms with van der Waals surface area (Å²) in [5.74, 6) is -3.87. The summed E-state index contributed by atoms with van der Waals surface area (Å²) in [7, 11) is 0. The highest BCUT2D eigenvalue weighted by Gasteiger charge is 2.28. The van der Waals surface area contributed by atoms with Crippen LogP contribution in [-0.4, -0.2) is 28.9 Å². The van der Waals surface area contributed by atoms with E-state index < -0.39 is 41.4 Å². The zero-order valence-electron chi connectivity index (χ0n) is 14.4. The molecule has 1 saturated carbocycles. The smallest absolute Gasteiger partial charge is 0.306 e. The van der Waals surface area contributed by atoms with E-state index in [0.717, 1.165) is 12.1 Å². The minimum atomic E-state index is -1.12. The lowest BCUT2D eigenvalue weighted by Gasteiger charge is -2.27. The molecule has 3 N–H and O–H groups in total. The highest BCUT2D eigenvalue weighted by molar-refractivity contribution is 5.79. The number of carboxylic acids is 1. The lowest BCUT2D eigenvalue weighted by atomic mass is 9.86. The lowest BCUT2D eigenvalue weighted by molar-refractivity contribution is -0.142. The van der Waals surface area contributed by atoms with E-state index in [-0.39, 0.29) is 18.0 Å². The van der Waals surface area contributed by atoms with Gasteiger partial charge in [0.15, 0.2) is 0 Å². The monoisotopic (exact) mass is 368 g/mol. The van der Waals surface area contributed by atoms with Crippen LogP contribution in [0.4, 0.5) is 8.78 Å². The fraction of sp³-hybridized carbons (Fsp3) is 0.500. The highest BCUT2D eigenvalue weighted by Crippen LogP contribution is 2.26. The van der Waals surface area contributed by atoms with Gasteiger partial charge in [0.25, 0.3) is 0 Å². The number of aliphatic carboxylic acids is 1. The van der Waals surface area contributed by atoms with Crippen LogP contribution in [0.3, 0.4) is 0 Å². The molecule has 6 nitrogen and oxygen atoms in total. The average Bonchev–Trinajstić information content (AvgIpc) is 2.54. The Morgan fingerprint density at radius 1 is 1.15 bits per heavy atom. The van der Waals surface area contributed by atoms with E-state index in [1.807, 2.05) is 0 Å². The first kappa shape index (κ1) is 19.8. The Balaban J connectivity index is 2.01. The summed E-state index contributed by atoms with van der Waals surface area (Å²) in [6.45, 7) is 1.21. The van der Waals surface area contributed by atoms with Gasteiger partial charge in [-0.25, -0.2) is 8.78 Å². The van der Waals surface area contributed by atoms with Crippen LogP contribution in [0.15, 0.2) is 18.2 Å². The Bertz CT molecular complexity index is 668. The molecule has 0 saturated heterocycles. The second-order valence-corrected chi connectivity index (χ2v) is 6.55. The minimum absolute atomic E-state index is 0.179. The number of carboxylic acid groups (broad SMARTS) is 1. The van der Waals surface area contributed by atoms with E-state index in [0.29, 0.717) is 25.7 Å². The van der Waals surface area contributed by atoms with Crippen molar-refractivity contribution in [2.24, 2.45) is 5.92 Å². The zero-order valence-corrected chi connectivity index (χ0v) is 14.4. The number of benzene rings is 1. The summed E-state index contributed by atoms with van der Waals surface area (Å²) in [5.41, 5.74) is -0.354. The van der Waals surface area contributed by atoms with E-state index in [2.05, 4.69) is 10.6 Å². The largest absolute Gasteiger partial charge is 0.481 e. The molecule has 1 aromatic rings. The van der Waals surface area contributed by atoms with Crippen molar-refractivity contribution >= 4 is 17.8 Å². The van der Waals surface area contributed by atoms with E-state index in [9.17, 15) is 23.2 Å². The molecule has 0 aromatic heterocycles. The van der Waals surface area contributed by atoms with Gasteiger partial charge in [-0.2, -0.15) is 0 Å². The van der Waals surface area contributed by atoms with Gasteiger partial charge >= 0.3 is 5.97 Å². The number of nitrogens with one attached hydrogen (secondary N) is 2. The first-order valence-electron chi connectivity index (χ1n) is 8.51. The van der Waals surface area contributed by atoms with Crippen molar-refractivity contribution in [3.63, 3.8) is 0 Å². The predicted molar refractivity (Wildman–Crippen MR) is 89.1 cm³/mol. The molecule has 0 heterocycles. The van der Waals surface area contributed by atoms with Crippen molar-refractivity contribution in [3.8, 4) is 0 Å². The van der Waals surface area contributed by atoms with E-state index in [4.69, 9.17) is 5.11 Å². The summed E-state index contributed by atoms with van der Waals surface area (Å²) < 4.78 is 28.0. The fourth-order valence-corrected chi connectivity index (χ4v) is 3.27. The maximum absolute atomic E-state index is 14.0. The first-order chi connectivity index (χ1) is 12.3. The summed E-state index contributed by atoms with van der Waals surface area (Å²) >= 11 is 0. The van der Waals surface area contributed by atoms with Crippen LogP contribution < -0.4 is 10.6 Å². The zero-order chi connectivity index (χ0) is 19.3. The van der Waals surface area contributed by atoms with E-state index in [1.54, 1.807) is 0 Å². The molecule has 1 aliphatic rings. The molecule has 1 aliphatic carbocycles. The molecule has 1 aromatic carbocycles. The second kappa shape index (κ2) is 8.73. The molecule has 1 atom stereocenters. The Morgan fingerprint density at radius 3 is 2.23 bits per heavy atom. The van der Waals surface area contributed by atoms with Crippen molar-refractivity contribution < 1.29 is 28.3 Å². The Kier molecular flexibility index (Phi) is 6.65. The molecule has 0 spiro atoms. The van der Waals surface area contributed by atoms with Gasteiger partial charge in [0.1, 0.15) is 11.6 Å². The minimum Gasteiger partial charge on any atom is -0.481 e. The number of carbonyl (C=O) groups excluding carboxylic acids is 2. The number of carbonyl (C=O) groups is 3. The van der Waals surface area contributed by atoms with Gasteiger partial charge in [0.05, 0.1) is 18.4 Å². The number of amides is 2. The Morgan fingerprint density at radius 2 is 1.73 bits per heavy atom. The molecule has 0 bridgehead atoms. The van der Waals surface area contributed by atoms with E-state index in [1.165, 1.54) is 13.0 Å². The topological polar surface area (TPSA) is 95.5 Å². The molecule has 2 rings (SSSR count). The maximum Gasteiger partial charge on any atom is 0.306 e. The Labute approximate surface area is 150 Å². The molecule has 26 heavy (non-hydrogen) atoms. The third kappa shape index (κ3) is 5.24. The van der Waals surface area contributed by atoms with Gasteiger partial charge < -0.3 is 15.7 Å². The van der Waals surface area contributed by atoms with Gasteiger partial charge in [-0.15, -0.1) is 0 Å². The van der Waals surface area contributed by atoms with Gasteiger partial charge in [0, 0.05) is 18.5 Å². The van der Waals surface area contributed by atoms with Gasteiger partial charge in [-0.05, 0) is 37.8 Å². The number of hydrogen-bond donors (Lipinski definition) is 3. The predicted octanol–water partition coefficient (Wildman–Crippen LogP) is 2.29. The first-order valence-corrected chi connectivity index (χ1v) is 8.51. The van der Waals surface area contributed by atoms with Crippen molar-refractivity contribution in [1.82, 2.24) is 10.6 Å². The molecule has 0 radical (unpaired) electrons. The third-order valence-corrected chi connectivity index (χ3v) is 4.56. The third-order valence-electron chi connectivity index (χ3n) is 4.56. The quantitative estimate of drug-likeness (QED) is 0.718. The molecular weight excluding hydrogens is 346 g/mol. The van der Waals surface area contributed by atoms with Gasteiger partial charge in [-0.1, -0.05) is 6.07 Å². The molecule has 0 aliphatic heterocycles. The normalized spacial score (nSPS) is 20.9. The number of hydrogen-bond acceptors (Lipinski definition) is 3. The van der Waals surface area contributed by atoms with Crippen molar-refractivity contribution in [2.75, 3.05) is 0 Å². The van der Waals surface area contributed by atoms with Crippen LogP contribution in [0, 0.1) is 17.6 Å². The van der Waals surface area contributed by atoms with Crippen LogP contribution in [0.5, 0.6) is 0 Å². The maximum atomic E-state index is 14.0. The molecule has 1 fully saturated rings. The average molecular weight is 368 g/mol. The van der Waals surface area contributed by atoms with Gasteiger partial charge in [-0.3, -0.25) is 14.4 Å². The Hall–Kier alpha value is -2.51. The van der Waals surface area contributed by atoms with Crippen molar-refractivity contribution in [2.45, 2.75) is 51.1 Å². The molecule has 2 amide bonds. The molecule has 8 heteroatoms.